The molecule has 1 saturated heterocycles. The first kappa shape index (κ1) is 16.1. The van der Waals surface area contributed by atoms with E-state index >= 15 is 0 Å². The van der Waals surface area contributed by atoms with Crippen LogP contribution in [0, 0.1) is 11.3 Å². The molecule has 1 aliphatic heterocycles. The van der Waals surface area contributed by atoms with Crippen molar-refractivity contribution in [1.29, 1.82) is 5.26 Å². The zero-order chi connectivity index (χ0) is 16.7. The molecule has 126 valence electrons. The van der Waals surface area contributed by atoms with Gasteiger partial charge >= 0.3 is 0 Å². The number of nitriles is 1. The number of nitrogens with zero attached hydrogens (tertiary/aromatic N) is 3. The van der Waals surface area contributed by atoms with Gasteiger partial charge in [0.15, 0.2) is 5.16 Å². The molecule has 7 heteroatoms. The minimum atomic E-state index is -0.239. The number of hydrogen-bond acceptors (Lipinski definition) is 6. The average molecular weight is 361 g/mol. The average Bonchev–Trinajstić information content (AvgIpc) is 3.27. The molecule has 2 aliphatic rings. The molecule has 0 N–H and O–H groups in total. The van der Waals surface area contributed by atoms with Crippen molar-refractivity contribution in [2.45, 2.75) is 62.1 Å². The molecule has 24 heavy (non-hydrogen) atoms. The molecule has 0 radical (unpaired) electrons. The SMILES string of the molecule is C[C@@H](C#N)Sc1nc2sc3c(c2c(=O)n1C[C@@H]1CCCO1)CCC3. The Morgan fingerprint density at radius 2 is 2.38 bits per heavy atom. The van der Waals surface area contributed by atoms with Crippen LogP contribution in [0.3, 0.4) is 0 Å². The van der Waals surface area contributed by atoms with E-state index in [2.05, 4.69) is 6.07 Å². The number of hydrogen-bond donors (Lipinski definition) is 0. The molecular formula is C17H19N3O2S2. The van der Waals surface area contributed by atoms with E-state index in [0.717, 1.165) is 48.9 Å². The Bertz CT molecular complexity index is 875. The van der Waals surface area contributed by atoms with E-state index in [1.165, 1.54) is 22.2 Å². The highest BCUT2D eigenvalue weighted by atomic mass is 32.2. The highest BCUT2D eigenvalue weighted by Gasteiger charge is 2.26. The molecule has 0 spiro atoms. The normalized spacial score (nSPS) is 21.1. The molecule has 0 saturated carbocycles. The van der Waals surface area contributed by atoms with Crippen LogP contribution < -0.4 is 5.56 Å². The zero-order valence-electron chi connectivity index (χ0n) is 13.6. The summed E-state index contributed by atoms with van der Waals surface area (Å²) in [5.41, 5.74) is 1.25. The van der Waals surface area contributed by atoms with Gasteiger partial charge in [-0.15, -0.1) is 11.3 Å². The third kappa shape index (κ3) is 2.77. The van der Waals surface area contributed by atoms with Crippen molar-refractivity contribution < 1.29 is 4.74 Å². The lowest BCUT2D eigenvalue weighted by Crippen LogP contribution is -2.29. The maximum atomic E-state index is 13.2. The predicted molar refractivity (Wildman–Crippen MR) is 95.8 cm³/mol. The molecule has 5 nitrogen and oxygen atoms in total. The maximum Gasteiger partial charge on any atom is 0.263 e. The zero-order valence-corrected chi connectivity index (χ0v) is 15.2. The first-order valence-electron chi connectivity index (χ1n) is 8.40. The molecule has 0 bridgehead atoms. The number of rotatable bonds is 4. The van der Waals surface area contributed by atoms with E-state index in [0.29, 0.717) is 11.7 Å². The fourth-order valence-corrected chi connectivity index (χ4v) is 5.59. The number of fused-ring (bicyclic) bond motifs is 3. The van der Waals surface area contributed by atoms with Gasteiger partial charge in [-0.1, -0.05) is 11.8 Å². The van der Waals surface area contributed by atoms with Gasteiger partial charge in [0, 0.05) is 11.5 Å². The van der Waals surface area contributed by atoms with Gasteiger partial charge in [-0.05, 0) is 44.6 Å². The summed E-state index contributed by atoms with van der Waals surface area (Å²) in [5.74, 6) is 0. The van der Waals surface area contributed by atoms with Crippen molar-refractivity contribution in [3.63, 3.8) is 0 Å². The summed E-state index contributed by atoms with van der Waals surface area (Å²) in [5, 5.41) is 10.4. The Hall–Kier alpha value is -1.36. The van der Waals surface area contributed by atoms with Gasteiger partial charge in [-0.25, -0.2) is 4.98 Å². The smallest absolute Gasteiger partial charge is 0.263 e. The fraction of sp³-hybridized carbons (Fsp3) is 0.588. The monoisotopic (exact) mass is 361 g/mol. The summed E-state index contributed by atoms with van der Waals surface area (Å²) in [6, 6.07) is 2.22. The van der Waals surface area contributed by atoms with Gasteiger partial charge in [-0.3, -0.25) is 9.36 Å². The van der Waals surface area contributed by atoms with Gasteiger partial charge < -0.3 is 4.74 Å². The van der Waals surface area contributed by atoms with Crippen molar-refractivity contribution in [1.82, 2.24) is 9.55 Å². The lowest BCUT2D eigenvalue weighted by atomic mass is 10.2. The topological polar surface area (TPSA) is 67.9 Å². The number of aromatic nitrogens is 2. The van der Waals surface area contributed by atoms with Crippen molar-refractivity contribution in [3.8, 4) is 6.07 Å². The quantitative estimate of drug-likeness (QED) is 0.618. The Kier molecular flexibility index (Phi) is 4.37. The maximum absolute atomic E-state index is 13.2. The Morgan fingerprint density at radius 3 is 3.12 bits per heavy atom. The van der Waals surface area contributed by atoms with Crippen molar-refractivity contribution in [2.24, 2.45) is 0 Å². The Labute approximate surface area is 148 Å². The van der Waals surface area contributed by atoms with Gasteiger partial charge in [0.2, 0.25) is 0 Å². The highest BCUT2D eigenvalue weighted by molar-refractivity contribution is 8.00. The van der Waals surface area contributed by atoms with E-state index < -0.39 is 0 Å². The van der Waals surface area contributed by atoms with Gasteiger partial charge in [0.1, 0.15) is 4.83 Å². The van der Waals surface area contributed by atoms with Crippen LogP contribution in [0.2, 0.25) is 0 Å². The molecule has 1 fully saturated rings. The van der Waals surface area contributed by atoms with E-state index in [4.69, 9.17) is 15.0 Å². The second-order valence-electron chi connectivity index (χ2n) is 6.37. The standard InChI is InChI=1S/C17H19N3O2S2/c1-10(8-18)23-17-19-15-14(12-5-2-6-13(12)24-15)16(21)20(17)9-11-4-3-7-22-11/h10-11H,2-7,9H2,1H3/t10-,11-/m0/s1. The molecule has 0 aromatic carbocycles. The van der Waals surface area contributed by atoms with E-state index in [1.807, 2.05) is 6.92 Å². The van der Waals surface area contributed by atoms with Crippen LogP contribution in [-0.2, 0) is 24.1 Å². The fourth-order valence-electron chi connectivity index (χ4n) is 3.49. The molecule has 2 aromatic rings. The third-order valence-electron chi connectivity index (χ3n) is 4.66. The van der Waals surface area contributed by atoms with Crippen LogP contribution in [0.5, 0.6) is 0 Å². The molecule has 3 heterocycles. The number of thioether (sulfide) groups is 1. The number of aryl methyl sites for hydroxylation is 2. The lowest BCUT2D eigenvalue weighted by Gasteiger charge is -2.16. The summed E-state index contributed by atoms with van der Waals surface area (Å²) in [6.07, 6.45) is 5.26. The number of thiophene rings is 1. The summed E-state index contributed by atoms with van der Waals surface area (Å²) in [4.78, 5) is 20.1. The van der Waals surface area contributed by atoms with Crippen LogP contribution in [0.25, 0.3) is 10.2 Å². The summed E-state index contributed by atoms with van der Waals surface area (Å²) in [7, 11) is 0. The van der Waals surface area contributed by atoms with Crippen LogP contribution >= 0.6 is 23.1 Å². The van der Waals surface area contributed by atoms with Crippen molar-refractivity contribution in [3.05, 3.63) is 20.8 Å². The second kappa shape index (κ2) is 6.51. The molecule has 4 rings (SSSR count). The van der Waals surface area contributed by atoms with Gasteiger partial charge in [0.25, 0.3) is 5.56 Å². The molecule has 2 atom stereocenters. The van der Waals surface area contributed by atoms with E-state index in [1.54, 1.807) is 15.9 Å². The Balaban J connectivity index is 1.84. The lowest BCUT2D eigenvalue weighted by molar-refractivity contribution is 0.0937. The highest BCUT2D eigenvalue weighted by Crippen LogP contribution is 2.36. The third-order valence-corrected chi connectivity index (χ3v) is 6.83. The van der Waals surface area contributed by atoms with Crippen molar-refractivity contribution >= 4 is 33.3 Å². The van der Waals surface area contributed by atoms with E-state index in [-0.39, 0.29) is 16.9 Å². The minimum Gasteiger partial charge on any atom is -0.376 e. The molecule has 0 unspecified atom stereocenters. The first-order chi connectivity index (χ1) is 11.7. The Morgan fingerprint density at radius 1 is 1.50 bits per heavy atom. The second-order valence-corrected chi connectivity index (χ2v) is 8.76. The summed E-state index contributed by atoms with van der Waals surface area (Å²) < 4.78 is 7.48. The largest absolute Gasteiger partial charge is 0.376 e. The van der Waals surface area contributed by atoms with Crippen LogP contribution in [0.15, 0.2) is 9.95 Å². The molecule has 2 aromatic heterocycles. The summed E-state index contributed by atoms with van der Waals surface area (Å²) >= 11 is 3.01. The van der Waals surface area contributed by atoms with Gasteiger partial charge in [-0.2, -0.15) is 5.26 Å². The van der Waals surface area contributed by atoms with E-state index in [9.17, 15) is 4.79 Å². The molecular weight excluding hydrogens is 342 g/mol. The van der Waals surface area contributed by atoms with Crippen LogP contribution in [0.1, 0.15) is 36.6 Å². The first-order valence-corrected chi connectivity index (χ1v) is 10.1. The molecule has 1 aliphatic carbocycles. The summed E-state index contributed by atoms with van der Waals surface area (Å²) in [6.45, 7) is 3.14. The van der Waals surface area contributed by atoms with Crippen molar-refractivity contribution in [2.75, 3.05) is 6.61 Å². The van der Waals surface area contributed by atoms with Gasteiger partial charge in [0.05, 0.1) is 29.4 Å². The number of ether oxygens (including phenoxy) is 1. The van der Waals surface area contributed by atoms with Crippen LogP contribution in [-0.4, -0.2) is 27.5 Å². The predicted octanol–water partition coefficient (Wildman–Crippen LogP) is 3.13. The van der Waals surface area contributed by atoms with Crippen LogP contribution in [0.4, 0.5) is 0 Å². The molecule has 0 amide bonds. The minimum absolute atomic E-state index is 0.0440.